The van der Waals surface area contributed by atoms with E-state index in [0.717, 1.165) is 17.3 Å². The summed E-state index contributed by atoms with van der Waals surface area (Å²) in [5, 5.41) is 10.3. The molecule has 3 rings (SSSR count). The number of aliphatic hydroxyl groups is 1. The lowest BCUT2D eigenvalue weighted by atomic mass is 10.0. The summed E-state index contributed by atoms with van der Waals surface area (Å²) >= 11 is 0. The molecule has 1 unspecified atom stereocenters. The maximum absolute atomic E-state index is 13.1. The second-order valence-electron chi connectivity index (χ2n) is 6.41. The van der Waals surface area contributed by atoms with Gasteiger partial charge in [-0.25, -0.2) is 4.98 Å². The molecule has 1 aromatic heterocycles. The molecule has 2 aromatic carbocycles. The van der Waals surface area contributed by atoms with Crippen molar-refractivity contribution in [2.75, 3.05) is 13.6 Å². The van der Waals surface area contributed by atoms with E-state index in [0.29, 0.717) is 12.4 Å². The van der Waals surface area contributed by atoms with Crippen LogP contribution in [0.3, 0.4) is 0 Å². The number of nitrogens with one attached hydrogen (secondary N) is 1. The fraction of sp³-hybridized carbons (Fsp3) is 0.250. The first-order valence-electron chi connectivity index (χ1n) is 8.46. The predicted molar refractivity (Wildman–Crippen MR) is 96.8 cm³/mol. The molecule has 142 valence electrons. The highest BCUT2D eigenvalue weighted by Gasteiger charge is 2.34. The molecule has 0 radical (unpaired) electrons. The number of hydrogen-bond acceptors (Lipinski definition) is 3. The van der Waals surface area contributed by atoms with Crippen LogP contribution in [0.5, 0.6) is 0 Å². The normalized spacial score (nSPS) is 13.1. The number of imidazole rings is 1. The molecule has 7 heteroatoms. The van der Waals surface area contributed by atoms with Crippen LogP contribution in [-0.2, 0) is 12.7 Å². The molecular weight excluding hydrogens is 355 g/mol. The van der Waals surface area contributed by atoms with Gasteiger partial charge in [-0.1, -0.05) is 48.5 Å². The van der Waals surface area contributed by atoms with Gasteiger partial charge in [0, 0.05) is 6.54 Å². The van der Waals surface area contributed by atoms with E-state index in [1.54, 1.807) is 18.1 Å². The summed E-state index contributed by atoms with van der Waals surface area (Å²) in [6.07, 6.45) is -4.04. The lowest BCUT2D eigenvalue weighted by Crippen LogP contribution is -2.26. The number of nitrogens with zero attached hydrogens (tertiary/aromatic N) is 2. The summed E-state index contributed by atoms with van der Waals surface area (Å²) in [6, 6.07) is 14.8. The first-order valence-corrected chi connectivity index (χ1v) is 8.46. The zero-order chi connectivity index (χ0) is 19.4. The Morgan fingerprint density at radius 1 is 1.07 bits per heavy atom. The molecule has 0 spiro atoms. The molecule has 2 N–H and O–H groups in total. The van der Waals surface area contributed by atoms with Crippen molar-refractivity contribution in [3.8, 4) is 11.3 Å². The minimum atomic E-state index is -4.50. The van der Waals surface area contributed by atoms with E-state index in [-0.39, 0.29) is 12.1 Å². The fourth-order valence-electron chi connectivity index (χ4n) is 2.97. The van der Waals surface area contributed by atoms with Gasteiger partial charge in [0.25, 0.3) is 0 Å². The minimum absolute atomic E-state index is 0.0501. The van der Waals surface area contributed by atoms with Crippen LogP contribution in [0.4, 0.5) is 13.2 Å². The Kier molecular flexibility index (Phi) is 5.62. The van der Waals surface area contributed by atoms with Crippen molar-refractivity contribution in [2.24, 2.45) is 0 Å². The lowest BCUT2D eigenvalue weighted by molar-refractivity contribution is -0.139. The van der Waals surface area contributed by atoms with Gasteiger partial charge in [0.15, 0.2) is 0 Å². The van der Waals surface area contributed by atoms with E-state index >= 15 is 0 Å². The van der Waals surface area contributed by atoms with Gasteiger partial charge < -0.3 is 10.1 Å². The quantitative estimate of drug-likeness (QED) is 0.677. The molecule has 3 aromatic rings. The number of aromatic nitrogens is 2. The molecule has 1 atom stereocenters. The predicted octanol–water partition coefficient (Wildman–Crippen LogP) is 4.26. The highest BCUT2D eigenvalue weighted by molar-refractivity contribution is 5.57. The van der Waals surface area contributed by atoms with E-state index < -0.39 is 17.8 Å². The van der Waals surface area contributed by atoms with E-state index in [2.05, 4.69) is 9.97 Å². The number of halogens is 3. The van der Waals surface area contributed by atoms with Crippen LogP contribution < -0.4 is 0 Å². The minimum Gasteiger partial charge on any atom is -0.387 e. The maximum Gasteiger partial charge on any atom is 0.416 e. The molecule has 4 nitrogen and oxygen atoms in total. The van der Waals surface area contributed by atoms with Crippen LogP contribution in [0.1, 0.15) is 23.1 Å². The Labute approximate surface area is 155 Å². The Hall–Kier alpha value is -2.64. The summed E-state index contributed by atoms with van der Waals surface area (Å²) < 4.78 is 39.4. The number of alkyl halides is 3. The number of aromatic amines is 1. The van der Waals surface area contributed by atoms with Crippen LogP contribution in [0, 0.1) is 0 Å². The van der Waals surface area contributed by atoms with Gasteiger partial charge in [0.1, 0.15) is 5.82 Å². The van der Waals surface area contributed by atoms with Crippen LogP contribution in [0.2, 0.25) is 0 Å². The first kappa shape index (κ1) is 19.1. The third-order valence-corrected chi connectivity index (χ3v) is 4.24. The fourth-order valence-corrected chi connectivity index (χ4v) is 2.97. The number of benzene rings is 2. The molecule has 27 heavy (non-hydrogen) atoms. The molecule has 0 fully saturated rings. The van der Waals surface area contributed by atoms with Gasteiger partial charge in [-0.05, 0) is 24.2 Å². The molecule has 0 aliphatic rings. The van der Waals surface area contributed by atoms with Gasteiger partial charge in [-0.15, -0.1) is 0 Å². The van der Waals surface area contributed by atoms with Gasteiger partial charge in [0.05, 0.1) is 30.1 Å². The van der Waals surface area contributed by atoms with Crippen molar-refractivity contribution in [1.82, 2.24) is 14.9 Å². The molecule has 0 aliphatic heterocycles. The summed E-state index contributed by atoms with van der Waals surface area (Å²) in [4.78, 5) is 9.23. The summed E-state index contributed by atoms with van der Waals surface area (Å²) in [5.41, 5.74) is 0.927. The molecule has 0 saturated carbocycles. The zero-order valence-corrected chi connectivity index (χ0v) is 14.7. The van der Waals surface area contributed by atoms with E-state index in [1.807, 2.05) is 30.3 Å². The highest BCUT2D eigenvalue weighted by Crippen LogP contribution is 2.34. The van der Waals surface area contributed by atoms with Crippen molar-refractivity contribution >= 4 is 0 Å². The zero-order valence-electron chi connectivity index (χ0n) is 14.7. The maximum atomic E-state index is 13.1. The smallest absolute Gasteiger partial charge is 0.387 e. The Bertz CT molecular complexity index is 877. The van der Waals surface area contributed by atoms with Crippen LogP contribution in [0.25, 0.3) is 11.3 Å². The average Bonchev–Trinajstić information content (AvgIpc) is 3.10. The van der Waals surface area contributed by atoms with Crippen molar-refractivity contribution in [2.45, 2.75) is 18.8 Å². The van der Waals surface area contributed by atoms with Crippen LogP contribution in [-0.4, -0.2) is 33.6 Å². The molecule has 0 bridgehead atoms. The number of H-pyrrole nitrogens is 1. The summed E-state index contributed by atoms with van der Waals surface area (Å²) in [5.74, 6) is 0.674. The Morgan fingerprint density at radius 2 is 1.74 bits per heavy atom. The van der Waals surface area contributed by atoms with Crippen molar-refractivity contribution in [3.05, 3.63) is 77.7 Å². The molecule has 0 saturated heterocycles. The van der Waals surface area contributed by atoms with Crippen molar-refractivity contribution in [1.29, 1.82) is 0 Å². The monoisotopic (exact) mass is 375 g/mol. The molecule has 1 heterocycles. The van der Waals surface area contributed by atoms with Gasteiger partial charge in [-0.2, -0.15) is 13.2 Å². The Morgan fingerprint density at radius 3 is 2.44 bits per heavy atom. The standard InChI is InChI=1S/C20H20F3N3O/c1-26(12-18(27)15-9-5-6-10-16(15)20(21,22)23)13-19-24-11-17(25-19)14-7-3-2-4-8-14/h2-11,18,27H,12-13H2,1H3,(H,24,25). The van der Waals surface area contributed by atoms with Crippen LogP contribution >= 0.6 is 0 Å². The largest absolute Gasteiger partial charge is 0.416 e. The SMILES string of the molecule is CN(Cc1ncc(-c2ccccc2)[nH]1)CC(O)c1ccccc1C(F)(F)F. The molecule has 0 aliphatic carbocycles. The number of aliphatic hydroxyl groups excluding tert-OH is 1. The first-order chi connectivity index (χ1) is 12.8. The van der Waals surface area contributed by atoms with Crippen molar-refractivity contribution < 1.29 is 18.3 Å². The summed E-state index contributed by atoms with van der Waals surface area (Å²) in [7, 11) is 1.73. The topological polar surface area (TPSA) is 52.2 Å². The van der Waals surface area contributed by atoms with Gasteiger partial charge >= 0.3 is 6.18 Å². The van der Waals surface area contributed by atoms with E-state index in [1.165, 1.54) is 18.2 Å². The van der Waals surface area contributed by atoms with Gasteiger partial charge in [-0.3, -0.25) is 4.90 Å². The van der Waals surface area contributed by atoms with Crippen molar-refractivity contribution in [3.63, 3.8) is 0 Å². The number of rotatable bonds is 6. The second kappa shape index (κ2) is 7.94. The lowest BCUT2D eigenvalue weighted by Gasteiger charge is -2.22. The van der Waals surface area contributed by atoms with E-state index in [4.69, 9.17) is 0 Å². The highest BCUT2D eigenvalue weighted by atomic mass is 19.4. The molecule has 0 amide bonds. The average molecular weight is 375 g/mol. The second-order valence-corrected chi connectivity index (χ2v) is 6.41. The summed E-state index contributed by atoms with van der Waals surface area (Å²) in [6.45, 7) is 0.423. The van der Waals surface area contributed by atoms with E-state index in [9.17, 15) is 18.3 Å². The van der Waals surface area contributed by atoms with Gasteiger partial charge in [0.2, 0.25) is 0 Å². The third kappa shape index (κ3) is 4.75. The number of likely N-dealkylation sites (N-methyl/N-ethyl adjacent to an activating group) is 1. The molecular formula is C20H20F3N3O. The number of hydrogen-bond donors (Lipinski definition) is 2. The Balaban J connectivity index is 1.67. The van der Waals surface area contributed by atoms with Crippen LogP contribution in [0.15, 0.2) is 60.8 Å². The third-order valence-electron chi connectivity index (χ3n) is 4.24.